The van der Waals surface area contributed by atoms with E-state index < -0.39 is 0 Å². The Morgan fingerprint density at radius 3 is 2.25 bits per heavy atom. The number of nitrogens with one attached hydrogen (secondary N) is 2. The molecule has 0 aromatic carbocycles. The first kappa shape index (κ1) is 13.4. The van der Waals surface area contributed by atoms with E-state index in [4.69, 9.17) is 0 Å². The number of nitrogens with zero attached hydrogens (tertiary/aromatic N) is 2. The Morgan fingerprint density at radius 2 is 1.75 bits per heavy atom. The van der Waals surface area contributed by atoms with E-state index in [0.29, 0.717) is 6.54 Å². The van der Waals surface area contributed by atoms with Crippen LogP contribution < -0.4 is 10.7 Å². The summed E-state index contributed by atoms with van der Waals surface area (Å²) in [7, 11) is 2.11. The molecule has 5 nitrogen and oxygen atoms in total. The Labute approximate surface area is 98.1 Å². The number of hydrazine groups is 1. The van der Waals surface area contributed by atoms with Gasteiger partial charge in [0.15, 0.2) is 0 Å². The molecule has 1 amide bonds. The Hall–Kier alpha value is -0.650. The lowest BCUT2D eigenvalue weighted by Gasteiger charge is -2.32. The fraction of sp³-hybridized carbons (Fsp3) is 0.909. The van der Waals surface area contributed by atoms with Gasteiger partial charge in [0, 0.05) is 31.7 Å². The SMILES string of the molecule is CN1CCN(NCC(=O)NC(C)(C)C)CC1. The van der Waals surface area contributed by atoms with Crippen LogP contribution in [0, 0.1) is 0 Å². The van der Waals surface area contributed by atoms with Crippen LogP contribution in [0.25, 0.3) is 0 Å². The normalized spacial score (nSPS) is 19.8. The zero-order valence-corrected chi connectivity index (χ0v) is 10.8. The molecule has 1 fully saturated rings. The molecule has 0 bridgehead atoms. The highest BCUT2D eigenvalue weighted by atomic mass is 16.2. The third kappa shape index (κ3) is 5.44. The second-order valence-corrected chi connectivity index (χ2v) is 5.42. The zero-order valence-electron chi connectivity index (χ0n) is 10.8. The van der Waals surface area contributed by atoms with E-state index in [9.17, 15) is 4.79 Å². The van der Waals surface area contributed by atoms with Crippen LogP contribution in [0.4, 0.5) is 0 Å². The van der Waals surface area contributed by atoms with E-state index in [-0.39, 0.29) is 11.4 Å². The first-order valence-corrected chi connectivity index (χ1v) is 5.85. The molecule has 0 atom stereocenters. The molecule has 1 aliphatic rings. The lowest BCUT2D eigenvalue weighted by molar-refractivity contribution is -0.122. The summed E-state index contributed by atoms with van der Waals surface area (Å²) in [6, 6.07) is 0. The largest absolute Gasteiger partial charge is 0.350 e. The molecule has 0 unspecified atom stereocenters. The molecule has 1 rings (SSSR count). The van der Waals surface area contributed by atoms with E-state index >= 15 is 0 Å². The van der Waals surface area contributed by atoms with Gasteiger partial charge in [-0.25, -0.2) is 10.4 Å². The second-order valence-electron chi connectivity index (χ2n) is 5.42. The minimum absolute atomic E-state index is 0.0476. The molecule has 1 aliphatic heterocycles. The molecule has 0 aliphatic carbocycles. The average molecular weight is 228 g/mol. The molecule has 0 aromatic rings. The van der Waals surface area contributed by atoms with Gasteiger partial charge in [0.05, 0.1) is 6.54 Å². The van der Waals surface area contributed by atoms with Crippen LogP contribution >= 0.6 is 0 Å². The number of carbonyl (C=O) groups excluding carboxylic acids is 1. The summed E-state index contributed by atoms with van der Waals surface area (Å²) in [5.74, 6) is 0.0476. The molecular weight excluding hydrogens is 204 g/mol. The maximum atomic E-state index is 11.6. The van der Waals surface area contributed by atoms with Crippen molar-refractivity contribution in [1.29, 1.82) is 0 Å². The maximum Gasteiger partial charge on any atom is 0.235 e. The van der Waals surface area contributed by atoms with Gasteiger partial charge in [-0.2, -0.15) is 0 Å². The molecule has 0 spiro atoms. The summed E-state index contributed by atoms with van der Waals surface area (Å²) in [5.41, 5.74) is 3.01. The van der Waals surface area contributed by atoms with Gasteiger partial charge in [0.2, 0.25) is 5.91 Å². The van der Waals surface area contributed by atoms with Crippen molar-refractivity contribution < 1.29 is 4.79 Å². The summed E-state index contributed by atoms with van der Waals surface area (Å²) in [6.45, 7) is 10.4. The summed E-state index contributed by atoms with van der Waals surface area (Å²) in [6.07, 6.45) is 0. The van der Waals surface area contributed by atoms with Gasteiger partial charge in [0.1, 0.15) is 0 Å². The maximum absolute atomic E-state index is 11.6. The minimum Gasteiger partial charge on any atom is -0.350 e. The van der Waals surface area contributed by atoms with Crippen LogP contribution in [0.1, 0.15) is 20.8 Å². The summed E-state index contributed by atoms with van der Waals surface area (Å²) in [4.78, 5) is 13.8. The molecule has 0 saturated carbocycles. The van der Waals surface area contributed by atoms with Crippen molar-refractivity contribution in [3.63, 3.8) is 0 Å². The van der Waals surface area contributed by atoms with Gasteiger partial charge < -0.3 is 10.2 Å². The smallest absolute Gasteiger partial charge is 0.235 e. The minimum atomic E-state index is -0.152. The number of piperazine rings is 1. The van der Waals surface area contributed by atoms with Crippen molar-refractivity contribution in [1.82, 2.24) is 20.7 Å². The highest BCUT2D eigenvalue weighted by molar-refractivity contribution is 5.78. The number of carbonyl (C=O) groups is 1. The monoisotopic (exact) mass is 228 g/mol. The van der Waals surface area contributed by atoms with Crippen molar-refractivity contribution in [3.8, 4) is 0 Å². The van der Waals surface area contributed by atoms with E-state index in [0.717, 1.165) is 26.2 Å². The van der Waals surface area contributed by atoms with Crippen LogP contribution in [0.3, 0.4) is 0 Å². The molecule has 0 radical (unpaired) electrons. The van der Waals surface area contributed by atoms with Crippen LogP contribution in [-0.2, 0) is 4.79 Å². The van der Waals surface area contributed by atoms with Crippen molar-refractivity contribution in [2.75, 3.05) is 39.8 Å². The van der Waals surface area contributed by atoms with Crippen molar-refractivity contribution >= 4 is 5.91 Å². The van der Waals surface area contributed by atoms with Gasteiger partial charge in [-0.15, -0.1) is 0 Å². The van der Waals surface area contributed by atoms with E-state index in [1.54, 1.807) is 0 Å². The summed E-state index contributed by atoms with van der Waals surface area (Å²) < 4.78 is 0. The number of rotatable bonds is 3. The third-order valence-corrected chi connectivity index (χ3v) is 2.48. The Kier molecular flexibility index (Phi) is 4.70. The van der Waals surface area contributed by atoms with Gasteiger partial charge >= 0.3 is 0 Å². The lowest BCUT2D eigenvalue weighted by Crippen LogP contribution is -2.54. The van der Waals surface area contributed by atoms with Crippen LogP contribution in [0.5, 0.6) is 0 Å². The van der Waals surface area contributed by atoms with E-state index in [2.05, 4.69) is 27.7 Å². The number of amides is 1. The predicted octanol–water partition coefficient (Wildman–Crippen LogP) is -0.347. The first-order valence-electron chi connectivity index (χ1n) is 5.85. The first-order chi connectivity index (χ1) is 7.37. The number of hydrogen-bond acceptors (Lipinski definition) is 4. The van der Waals surface area contributed by atoms with E-state index in [1.807, 2.05) is 20.8 Å². The fourth-order valence-electron chi connectivity index (χ4n) is 1.61. The van der Waals surface area contributed by atoms with Crippen LogP contribution in [-0.4, -0.2) is 61.1 Å². The topological polar surface area (TPSA) is 47.6 Å². The summed E-state index contributed by atoms with van der Waals surface area (Å²) in [5, 5.41) is 5.04. The predicted molar refractivity (Wildman–Crippen MR) is 65.0 cm³/mol. The molecular formula is C11H24N4O. The molecule has 1 saturated heterocycles. The highest BCUT2D eigenvalue weighted by Gasteiger charge is 2.16. The Balaban J connectivity index is 2.17. The quantitative estimate of drug-likeness (QED) is 0.693. The Morgan fingerprint density at radius 1 is 1.19 bits per heavy atom. The van der Waals surface area contributed by atoms with Gasteiger partial charge in [0.25, 0.3) is 0 Å². The third-order valence-electron chi connectivity index (χ3n) is 2.48. The molecule has 1 heterocycles. The van der Waals surface area contributed by atoms with Crippen molar-refractivity contribution in [2.24, 2.45) is 0 Å². The van der Waals surface area contributed by atoms with E-state index in [1.165, 1.54) is 0 Å². The van der Waals surface area contributed by atoms with Crippen molar-refractivity contribution in [3.05, 3.63) is 0 Å². The molecule has 5 heteroatoms. The molecule has 16 heavy (non-hydrogen) atoms. The molecule has 94 valence electrons. The Bertz CT molecular complexity index is 229. The lowest BCUT2D eigenvalue weighted by atomic mass is 10.1. The van der Waals surface area contributed by atoms with Gasteiger partial charge in [-0.05, 0) is 27.8 Å². The molecule has 2 N–H and O–H groups in total. The molecule has 0 aromatic heterocycles. The second kappa shape index (κ2) is 5.61. The van der Waals surface area contributed by atoms with Crippen LogP contribution in [0.15, 0.2) is 0 Å². The standard InChI is InChI=1S/C11H24N4O/c1-11(2,3)13-10(16)9-12-15-7-5-14(4)6-8-15/h12H,5-9H2,1-4H3,(H,13,16). The average Bonchev–Trinajstić information content (AvgIpc) is 2.14. The van der Waals surface area contributed by atoms with Crippen LogP contribution in [0.2, 0.25) is 0 Å². The van der Waals surface area contributed by atoms with Crippen molar-refractivity contribution in [2.45, 2.75) is 26.3 Å². The highest BCUT2D eigenvalue weighted by Crippen LogP contribution is 1.98. The zero-order chi connectivity index (χ0) is 12.2. The summed E-state index contributed by atoms with van der Waals surface area (Å²) >= 11 is 0. The van der Waals surface area contributed by atoms with Gasteiger partial charge in [-0.1, -0.05) is 0 Å². The fourth-order valence-corrected chi connectivity index (χ4v) is 1.61. The number of likely N-dealkylation sites (N-methyl/N-ethyl adjacent to an activating group) is 1. The number of hydrogen-bond donors (Lipinski definition) is 2. The van der Waals surface area contributed by atoms with Gasteiger partial charge in [-0.3, -0.25) is 4.79 Å².